The fourth-order valence-corrected chi connectivity index (χ4v) is 1.57. The second-order valence-electron chi connectivity index (χ2n) is 4.37. The van der Waals surface area contributed by atoms with Gasteiger partial charge in [0, 0.05) is 6.20 Å². The Balaban J connectivity index is 1.86. The molecular weight excluding hydrogens is 240 g/mol. The van der Waals surface area contributed by atoms with E-state index in [1.165, 1.54) is 0 Å². The molecule has 98 valence electrons. The van der Waals surface area contributed by atoms with E-state index in [0.717, 1.165) is 11.1 Å². The molecular formula is C15H16N2O2. The van der Waals surface area contributed by atoms with E-state index in [0.29, 0.717) is 11.6 Å². The zero-order valence-electron chi connectivity index (χ0n) is 11.0. The molecule has 1 aromatic carbocycles. The third-order valence-corrected chi connectivity index (χ3v) is 2.54. The van der Waals surface area contributed by atoms with Gasteiger partial charge in [0.15, 0.2) is 6.61 Å². The van der Waals surface area contributed by atoms with Crippen LogP contribution in [0, 0.1) is 13.8 Å². The second kappa shape index (κ2) is 6.00. The number of rotatable bonds is 4. The molecule has 1 heterocycles. The predicted octanol–water partition coefficient (Wildman–Crippen LogP) is 2.72. The summed E-state index contributed by atoms with van der Waals surface area (Å²) in [5.74, 6) is 0.994. The van der Waals surface area contributed by atoms with Gasteiger partial charge < -0.3 is 10.1 Å². The van der Waals surface area contributed by atoms with E-state index in [-0.39, 0.29) is 12.5 Å². The highest BCUT2D eigenvalue weighted by molar-refractivity contribution is 5.90. The van der Waals surface area contributed by atoms with Gasteiger partial charge in [0.1, 0.15) is 11.6 Å². The minimum atomic E-state index is -0.224. The topological polar surface area (TPSA) is 51.2 Å². The molecule has 2 rings (SSSR count). The van der Waals surface area contributed by atoms with E-state index in [2.05, 4.69) is 10.3 Å². The lowest BCUT2D eigenvalue weighted by atomic mass is 10.2. The number of amides is 1. The number of anilines is 1. The summed E-state index contributed by atoms with van der Waals surface area (Å²) in [4.78, 5) is 15.8. The molecule has 2 aromatic rings. The van der Waals surface area contributed by atoms with Crippen molar-refractivity contribution in [1.29, 1.82) is 0 Å². The lowest BCUT2D eigenvalue weighted by molar-refractivity contribution is -0.118. The van der Waals surface area contributed by atoms with Gasteiger partial charge in [-0.3, -0.25) is 4.79 Å². The maximum absolute atomic E-state index is 11.7. The Morgan fingerprint density at radius 1 is 1.21 bits per heavy atom. The number of aromatic nitrogens is 1. The quantitative estimate of drug-likeness (QED) is 0.915. The van der Waals surface area contributed by atoms with Crippen LogP contribution < -0.4 is 10.1 Å². The predicted molar refractivity (Wildman–Crippen MR) is 74.3 cm³/mol. The minimum absolute atomic E-state index is 0.0288. The van der Waals surface area contributed by atoms with E-state index in [9.17, 15) is 4.79 Å². The number of carbonyl (C=O) groups is 1. The number of hydrogen-bond donors (Lipinski definition) is 1. The molecule has 0 bridgehead atoms. The standard InChI is InChI=1S/C15H16N2O2/c1-11-4-3-5-13(8-11)19-10-15(18)17-14-7-6-12(2)9-16-14/h3-9H,10H2,1-2H3,(H,16,17,18). The molecule has 0 aliphatic rings. The fraction of sp³-hybridized carbons (Fsp3) is 0.200. The van der Waals surface area contributed by atoms with Crippen molar-refractivity contribution in [1.82, 2.24) is 4.98 Å². The van der Waals surface area contributed by atoms with E-state index >= 15 is 0 Å². The molecule has 1 amide bonds. The van der Waals surface area contributed by atoms with E-state index in [1.807, 2.05) is 44.2 Å². The summed E-state index contributed by atoms with van der Waals surface area (Å²) in [7, 11) is 0. The Morgan fingerprint density at radius 2 is 2.05 bits per heavy atom. The molecule has 0 aliphatic heterocycles. The summed E-state index contributed by atoms with van der Waals surface area (Å²) in [5.41, 5.74) is 2.15. The Hall–Kier alpha value is -2.36. The van der Waals surface area contributed by atoms with Crippen molar-refractivity contribution < 1.29 is 9.53 Å². The van der Waals surface area contributed by atoms with Crippen molar-refractivity contribution in [3.8, 4) is 5.75 Å². The van der Waals surface area contributed by atoms with Crippen molar-refractivity contribution >= 4 is 11.7 Å². The van der Waals surface area contributed by atoms with Crippen LogP contribution in [0.4, 0.5) is 5.82 Å². The molecule has 0 fully saturated rings. The summed E-state index contributed by atoms with van der Waals surface area (Å²) in [5, 5.41) is 2.68. The van der Waals surface area contributed by atoms with Crippen LogP contribution in [-0.2, 0) is 4.79 Å². The normalized spacial score (nSPS) is 10.0. The van der Waals surface area contributed by atoms with E-state index in [4.69, 9.17) is 4.74 Å². The van der Waals surface area contributed by atoms with Crippen molar-refractivity contribution in [3.63, 3.8) is 0 Å². The zero-order valence-corrected chi connectivity index (χ0v) is 11.0. The molecule has 0 atom stereocenters. The highest BCUT2D eigenvalue weighted by Crippen LogP contribution is 2.12. The Morgan fingerprint density at radius 3 is 2.74 bits per heavy atom. The van der Waals surface area contributed by atoms with Gasteiger partial charge in [-0.1, -0.05) is 18.2 Å². The van der Waals surface area contributed by atoms with Crippen LogP contribution in [0.25, 0.3) is 0 Å². The fourth-order valence-electron chi connectivity index (χ4n) is 1.57. The number of nitrogens with one attached hydrogen (secondary N) is 1. The van der Waals surface area contributed by atoms with Crippen LogP contribution in [0.2, 0.25) is 0 Å². The molecule has 19 heavy (non-hydrogen) atoms. The van der Waals surface area contributed by atoms with Gasteiger partial charge in [-0.15, -0.1) is 0 Å². The smallest absolute Gasteiger partial charge is 0.263 e. The van der Waals surface area contributed by atoms with Gasteiger partial charge in [0.25, 0.3) is 5.91 Å². The largest absolute Gasteiger partial charge is 0.484 e. The number of nitrogens with zero attached hydrogens (tertiary/aromatic N) is 1. The number of carbonyl (C=O) groups excluding carboxylic acids is 1. The van der Waals surface area contributed by atoms with Crippen LogP contribution in [-0.4, -0.2) is 17.5 Å². The van der Waals surface area contributed by atoms with Gasteiger partial charge in [-0.05, 0) is 43.2 Å². The highest BCUT2D eigenvalue weighted by Gasteiger charge is 2.04. The minimum Gasteiger partial charge on any atom is -0.484 e. The van der Waals surface area contributed by atoms with Gasteiger partial charge in [0.2, 0.25) is 0 Å². The third-order valence-electron chi connectivity index (χ3n) is 2.54. The molecule has 4 heteroatoms. The average Bonchev–Trinajstić information content (AvgIpc) is 2.39. The maximum atomic E-state index is 11.7. The van der Waals surface area contributed by atoms with E-state index < -0.39 is 0 Å². The van der Waals surface area contributed by atoms with Gasteiger partial charge in [-0.2, -0.15) is 0 Å². The van der Waals surface area contributed by atoms with Crippen LogP contribution in [0.1, 0.15) is 11.1 Å². The number of pyridine rings is 1. The maximum Gasteiger partial charge on any atom is 0.263 e. The van der Waals surface area contributed by atoms with Gasteiger partial charge in [-0.25, -0.2) is 4.98 Å². The lowest BCUT2D eigenvalue weighted by Crippen LogP contribution is -2.20. The van der Waals surface area contributed by atoms with Crippen molar-refractivity contribution in [2.45, 2.75) is 13.8 Å². The Labute approximate surface area is 112 Å². The molecule has 0 saturated heterocycles. The average molecular weight is 256 g/mol. The number of benzene rings is 1. The van der Waals surface area contributed by atoms with Crippen LogP contribution >= 0.6 is 0 Å². The molecule has 1 aromatic heterocycles. The van der Waals surface area contributed by atoms with Crippen LogP contribution in [0.5, 0.6) is 5.75 Å². The summed E-state index contributed by atoms with van der Waals surface area (Å²) in [6.07, 6.45) is 1.71. The monoisotopic (exact) mass is 256 g/mol. The Kier molecular flexibility index (Phi) is 4.13. The number of aryl methyl sites for hydroxylation is 2. The zero-order chi connectivity index (χ0) is 13.7. The first kappa shape index (κ1) is 13.1. The Bertz CT molecular complexity index is 565. The van der Waals surface area contributed by atoms with Crippen molar-refractivity contribution in [2.75, 3.05) is 11.9 Å². The lowest BCUT2D eigenvalue weighted by Gasteiger charge is -2.07. The SMILES string of the molecule is Cc1ccc(NC(=O)COc2cccc(C)c2)nc1. The third kappa shape index (κ3) is 4.10. The first-order chi connectivity index (χ1) is 9.13. The summed E-state index contributed by atoms with van der Waals surface area (Å²) in [6.45, 7) is 3.89. The summed E-state index contributed by atoms with van der Waals surface area (Å²) < 4.78 is 5.40. The van der Waals surface area contributed by atoms with Crippen molar-refractivity contribution in [3.05, 3.63) is 53.7 Å². The van der Waals surface area contributed by atoms with Gasteiger partial charge in [0.05, 0.1) is 0 Å². The second-order valence-corrected chi connectivity index (χ2v) is 4.37. The van der Waals surface area contributed by atoms with Gasteiger partial charge >= 0.3 is 0 Å². The molecule has 1 N–H and O–H groups in total. The van der Waals surface area contributed by atoms with Crippen LogP contribution in [0.15, 0.2) is 42.6 Å². The molecule has 0 aliphatic carbocycles. The number of ether oxygens (including phenoxy) is 1. The molecule has 0 radical (unpaired) electrons. The van der Waals surface area contributed by atoms with E-state index in [1.54, 1.807) is 12.3 Å². The molecule has 0 unspecified atom stereocenters. The number of hydrogen-bond acceptors (Lipinski definition) is 3. The summed E-state index contributed by atoms with van der Waals surface area (Å²) in [6, 6.07) is 11.2. The summed E-state index contributed by atoms with van der Waals surface area (Å²) >= 11 is 0. The van der Waals surface area contributed by atoms with Crippen molar-refractivity contribution in [2.24, 2.45) is 0 Å². The molecule has 0 spiro atoms. The molecule has 0 saturated carbocycles. The first-order valence-electron chi connectivity index (χ1n) is 6.05. The first-order valence-corrected chi connectivity index (χ1v) is 6.05. The highest BCUT2D eigenvalue weighted by atomic mass is 16.5. The molecule has 4 nitrogen and oxygen atoms in total. The van der Waals surface area contributed by atoms with Crippen LogP contribution in [0.3, 0.4) is 0 Å².